The van der Waals surface area contributed by atoms with Crippen molar-refractivity contribution in [3.8, 4) is 11.7 Å². The summed E-state index contributed by atoms with van der Waals surface area (Å²) >= 11 is 1.60. The Bertz CT molecular complexity index is 1140. The zero-order valence-electron chi connectivity index (χ0n) is 20.3. The van der Waals surface area contributed by atoms with Crippen LogP contribution in [-0.2, 0) is 12.0 Å². The van der Waals surface area contributed by atoms with Crippen LogP contribution in [0.2, 0.25) is 0 Å². The Hall–Kier alpha value is -3.14. The molecular weight excluding hydrogens is 436 g/mol. The fraction of sp³-hybridized carbons (Fsp3) is 0.435. The summed E-state index contributed by atoms with van der Waals surface area (Å²) in [5, 5.41) is 8.94. The second-order valence-corrected chi connectivity index (χ2v) is 9.41. The summed E-state index contributed by atoms with van der Waals surface area (Å²) in [6, 6.07) is 2.09. The molecular formula is C23H32N8OS. The number of nitrogens with zero attached hydrogens (tertiary/aromatic N) is 7. The van der Waals surface area contributed by atoms with Gasteiger partial charge in [-0.25, -0.2) is 19.6 Å². The van der Waals surface area contributed by atoms with Crippen LogP contribution in [0.1, 0.15) is 44.8 Å². The third-order valence-corrected chi connectivity index (χ3v) is 5.70. The molecule has 0 radical (unpaired) electrons. The summed E-state index contributed by atoms with van der Waals surface area (Å²) in [5.41, 5.74) is 2.66. The highest BCUT2D eigenvalue weighted by Gasteiger charge is 2.20. The maximum absolute atomic E-state index is 5.43. The summed E-state index contributed by atoms with van der Waals surface area (Å²) in [4.78, 5) is 17.7. The molecule has 0 aliphatic rings. The maximum Gasteiger partial charge on any atom is 0.258 e. The number of hydrogen-bond donors (Lipinski definition) is 1. The lowest BCUT2D eigenvalue weighted by Gasteiger charge is -2.13. The molecule has 0 saturated carbocycles. The Morgan fingerprint density at radius 2 is 2.09 bits per heavy atom. The van der Waals surface area contributed by atoms with E-state index < -0.39 is 0 Å². The van der Waals surface area contributed by atoms with E-state index in [-0.39, 0.29) is 5.41 Å². The first-order valence-electron chi connectivity index (χ1n) is 10.8. The number of aryl methyl sites for hydroxylation is 2. The summed E-state index contributed by atoms with van der Waals surface area (Å²) in [6.45, 7) is 11.3. The number of aliphatic imine (C=N–C) groups is 1. The van der Waals surface area contributed by atoms with E-state index in [0.29, 0.717) is 11.7 Å². The molecule has 0 amide bonds. The average molecular weight is 469 g/mol. The van der Waals surface area contributed by atoms with Gasteiger partial charge in [0.25, 0.3) is 5.88 Å². The van der Waals surface area contributed by atoms with Crippen LogP contribution in [0.4, 0.5) is 5.82 Å². The van der Waals surface area contributed by atoms with E-state index in [1.807, 2.05) is 30.0 Å². The number of hydrogen-bond acceptors (Lipinski definition) is 7. The first-order chi connectivity index (χ1) is 15.7. The first-order valence-corrected chi connectivity index (χ1v) is 11.8. The van der Waals surface area contributed by atoms with Crippen molar-refractivity contribution in [2.24, 2.45) is 4.99 Å². The molecule has 3 heterocycles. The van der Waals surface area contributed by atoms with Crippen LogP contribution in [0.3, 0.4) is 0 Å². The van der Waals surface area contributed by atoms with Gasteiger partial charge in [0.1, 0.15) is 12.1 Å². The van der Waals surface area contributed by atoms with Gasteiger partial charge in [0, 0.05) is 37.0 Å². The number of rotatable bonds is 7. The smallest absolute Gasteiger partial charge is 0.258 e. The van der Waals surface area contributed by atoms with Crippen LogP contribution >= 0.6 is 11.8 Å². The third-order valence-electron chi connectivity index (χ3n) is 4.78. The second-order valence-electron chi connectivity index (χ2n) is 8.40. The van der Waals surface area contributed by atoms with Crippen LogP contribution < -0.4 is 10.1 Å². The van der Waals surface area contributed by atoms with Crippen molar-refractivity contribution in [1.29, 1.82) is 0 Å². The number of imidazole rings is 1. The normalized spacial score (nSPS) is 12.5. The average Bonchev–Trinajstić information content (AvgIpc) is 3.41. The monoisotopic (exact) mass is 468 g/mol. The van der Waals surface area contributed by atoms with Gasteiger partial charge in [0.2, 0.25) is 5.82 Å². The highest BCUT2D eigenvalue weighted by molar-refractivity contribution is 8.14. The minimum atomic E-state index is -0.00934. The minimum Gasteiger partial charge on any atom is -0.478 e. The zero-order chi connectivity index (χ0) is 24.0. The molecule has 33 heavy (non-hydrogen) atoms. The van der Waals surface area contributed by atoms with Crippen molar-refractivity contribution in [2.45, 2.75) is 46.6 Å². The Morgan fingerprint density at radius 1 is 1.30 bits per heavy atom. The van der Waals surface area contributed by atoms with Crippen molar-refractivity contribution in [3.05, 3.63) is 47.9 Å². The molecule has 1 N–H and O–H groups in total. The van der Waals surface area contributed by atoms with Crippen molar-refractivity contribution < 1.29 is 4.74 Å². The lowest BCUT2D eigenvalue weighted by Crippen LogP contribution is -2.13. The highest BCUT2D eigenvalue weighted by atomic mass is 32.2. The van der Waals surface area contributed by atoms with E-state index >= 15 is 0 Å². The molecule has 3 rings (SSSR count). The van der Waals surface area contributed by atoms with Crippen LogP contribution in [-0.4, -0.2) is 54.4 Å². The van der Waals surface area contributed by atoms with Crippen LogP contribution in [0.15, 0.2) is 35.9 Å². The Kier molecular flexibility index (Phi) is 7.91. The molecule has 0 bridgehead atoms. The first kappa shape index (κ1) is 24.5. The van der Waals surface area contributed by atoms with Crippen molar-refractivity contribution in [1.82, 2.24) is 29.3 Å². The SMILES string of the molecule is CCn1nc(C(C)(C)C)cc1NC(=NC)SC/C=C/c1cnc(-n2cnc(C)c2)c(OC)n1. The number of amidine groups is 1. The molecule has 3 aromatic heterocycles. The van der Waals surface area contributed by atoms with Gasteiger partial charge in [-0.1, -0.05) is 38.6 Å². The van der Waals surface area contributed by atoms with Crippen LogP contribution in [0, 0.1) is 6.92 Å². The highest BCUT2D eigenvalue weighted by Crippen LogP contribution is 2.25. The molecule has 9 nitrogen and oxygen atoms in total. The largest absolute Gasteiger partial charge is 0.478 e. The van der Waals surface area contributed by atoms with Gasteiger partial charge in [0.05, 0.1) is 30.4 Å². The predicted octanol–water partition coefficient (Wildman–Crippen LogP) is 4.34. The van der Waals surface area contributed by atoms with Gasteiger partial charge in [-0.2, -0.15) is 5.10 Å². The molecule has 0 aliphatic carbocycles. The van der Waals surface area contributed by atoms with Crippen LogP contribution in [0.5, 0.6) is 5.88 Å². The molecule has 0 atom stereocenters. The Labute approximate surface area is 199 Å². The van der Waals surface area contributed by atoms with Gasteiger partial charge >= 0.3 is 0 Å². The molecule has 0 spiro atoms. The molecule has 0 saturated heterocycles. The van der Waals surface area contributed by atoms with Crippen molar-refractivity contribution in [2.75, 3.05) is 25.2 Å². The molecule has 10 heteroatoms. The molecule has 0 fully saturated rings. The lowest BCUT2D eigenvalue weighted by atomic mass is 9.92. The van der Waals surface area contributed by atoms with E-state index in [1.165, 1.54) is 0 Å². The fourth-order valence-corrected chi connectivity index (χ4v) is 3.65. The lowest BCUT2D eigenvalue weighted by molar-refractivity contribution is 0.393. The third kappa shape index (κ3) is 6.22. The van der Waals surface area contributed by atoms with E-state index in [1.54, 1.807) is 43.0 Å². The number of nitrogens with one attached hydrogen (secondary N) is 1. The van der Waals surface area contributed by atoms with Gasteiger partial charge in [-0.05, 0) is 19.9 Å². The summed E-state index contributed by atoms with van der Waals surface area (Å²) in [7, 11) is 3.37. The molecule has 0 aliphatic heterocycles. The van der Waals surface area contributed by atoms with E-state index in [4.69, 9.17) is 9.84 Å². The molecule has 0 aromatic carbocycles. The van der Waals surface area contributed by atoms with Crippen molar-refractivity contribution >= 4 is 28.8 Å². The Morgan fingerprint density at radius 3 is 2.70 bits per heavy atom. The van der Waals surface area contributed by atoms with E-state index in [2.05, 4.69) is 59.0 Å². The predicted molar refractivity (Wildman–Crippen MR) is 136 cm³/mol. The van der Waals surface area contributed by atoms with Gasteiger partial charge in [-0.15, -0.1) is 0 Å². The van der Waals surface area contributed by atoms with Crippen LogP contribution in [0.25, 0.3) is 11.9 Å². The maximum atomic E-state index is 5.43. The van der Waals surface area contributed by atoms with E-state index in [0.717, 1.165) is 40.4 Å². The van der Waals surface area contributed by atoms with Gasteiger partial charge < -0.3 is 10.1 Å². The molecule has 176 valence electrons. The summed E-state index contributed by atoms with van der Waals surface area (Å²) in [6.07, 6.45) is 9.25. The second kappa shape index (κ2) is 10.7. The molecule has 3 aromatic rings. The number of ether oxygens (including phenoxy) is 1. The van der Waals surface area contributed by atoms with Gasteiger partial charge in [-0.3, -0.25) is 9.56 Å². The number of methoxy groups -OCH3 is 1. The number of thioether (sulfide) groups is 1. The fourth-order valence-electron chi connectivity index (χ4n) is 3.00. The Balaban J connectivity index is 1.63. The number of anilines is 1. The zero-order valence-corrected chi connectivity index (χ0v) is 21.1. The van der Waals surface area contributed by atoms with Crippen molar-refractivity contribution in [3.63, 3.8) is 0 Å². The minimum absolute atomic E-state index is 0.00934. The summed E-state index contributed by atoms with van der Waals surface area (Å²) in [5.74, 6) is 2.72. The van der Waals surface area contributed by atoms with Gasteiger partial charge in [0.15, 0.2) is 5.17 Å². The topological polar surface area (TPSA) is 95.0 Å². The number of aromatic nitrogens is 6. The quantitative estimate of drug-likeness (QED) is 0.407. The summed E-state index contributed by atoms with van der Waals surface area (Å²) < 4.78 is 9.19. The standard InChI is InChI=1S/C23H32N8OS/c1-8-31-19(12-18(29-31)23(3,4)5)28-22(24-6)33-11-9-10-17-13-25-20(21(27-17)32-7)30-14-16(2)26-15-30/h9-10,12-15H,8,11H2,1-7H3,(H,24,28)/b10-9+. The molecule has 0 unspecified atom stereocenters. The van der Waals surface area contributed by atoms with E-state index in [9.17, 15) is 0 Å².